The minimum absolute atomic E-state index is 0.0157. The number of phenols is 1. The van der Waals surface area contributed by atoms with Gasteiger partial charge in [-0.05, 0) is 85.1 Å². The van der Waals surface area contributed by atoms with Gasteiger partial charge in [-0.3, -0.25) is 0 Å². The zero-order chi connectivity index (χ0) is 21.2. The van der Waals surface area contributed by atoms with Crippen molar-refractivity contribution >= 4 is 25.3 Å². The van der Waals surface area contributed by atoms with Crippen LogP contribution in [0.5, 0.6) is 5.75 Å². The summed E-state index contributed by atoms with van der Waals surface area (Å²) in [7, 11) is 6.05. The summed E-state index contributed by atoms with van der Waals surface area (Å²) < 4.78 is 1.60. The van der Waals surface area contributed by atoms with Gasteiger partial charge in [-0.2, -0.15) is 0 Å². The summed E-state index contributed by atoms with van der Waals surface area (Å²) in [6.45, 7) is 9.03. The molecule has 3 N–H and O–H groups in total. The fourth-order valence-electron chi connectivity index (χ4n) is 3.42. The Labute approximate surface area is 174 Å². The summed E-state index contributed by atoms with van der Waals surface area (Å²) in [5, 5.41) is 10.2. The SMILES string of the molecule is [B]n1cccc1/C(CCN)=C1N=C(/C=C/c2cc(C(C)(C)C)ccc2O)C=C\1C. The number of nitrogens with two attached hydrogens (primary N) is 1. The maximum Gasteiger partial charge on any atom is 0.234 e. The van der Waals surface area contributed by atoms with Crippen molar-refractivity contribution in [2.45, 2.75) is 39.5 Å². The lowest BCUT2D eigenvalue weighted by molar-refractivity contribution is 0.472. The third-order valence-corrected chi connectivity index (χ3v) is 5.07. The molecular weight excluding hydrogens is 357 g/mol. The molecule has 0 fully saturated rings. The van der Waals surface area contributed by atoms with Crippen LogP contribution in [0.1, 0.15) is 50.9 Å². The number of aromatic hydroxyl groups is 1. The molecule has 29 heavy (non-hydrogen) atoms. The van der Waals surface area contributed by atoms with Crippen molar-refractivity contribution in [3.05, 3.63) is 76.8 Å². The number of benzene rings is 1. The van der Waals surface area contributed by atoms with Crippen molar-refractivity contribution in [1.29, 1.82) is 0 Å². The smallest absolute Gasteiger partial charge is 0.234 e. The summed E-state index contributed by atoms with van der Waals surface area (Å²) in [6.07, 6.45) is 8.38. The first-order valence-corrected chi connectivity index (χ1v) is 9.85. The third kappa shape index (κ3) is 4.62. The molecule has 0 spiro atoms. The van der Waals surface area contributed by atoms with E-state index in [4.69, 9.17) is 18.7 Å². The van der Waals surface area contributed by atoms with Crippen molar-refractivity contribution in [3.8, 4) is 5.75 Å². The highest BCUT2D eigenvalue weighted by Gasteiger charge is 2.17. The number of rotatable bonds is 5. The highest BCUT2D eigenvalue weighted by molar-refractivity contribution is 6.11. The fourth-order valence-corrected chi connectivity index (χ4v) is 3.42. The lowest BCUT2D eigenvalue weighted by atomic mass is 9.86. The number of hydrogen-bond donors (Lipinski definition) is 2. The van der Waals surface area contributed by atoms with E-state index in [0.29, 0.717) is 13.0 Å². The van der Waals surface area contributed by atoms with Crippen molar-refractivity contribution in [3.63, 3.8) is 0 Å². The van der Waals surface area contributed by atoms with E-state index in [1.54, 1.807) is 10.5 Å². The molecular formula is C24H28BN3O. The monoisotopic (exact) mass is 385 g/mol. The van der Waals surface area contributed by atoms with E-state index in [-0.39, 0.29) is 11.2 Å². The van der Waals surface area contributed by atoms with Gasteiger partial charge >= 0.3 is 0 Å². The highest BCUT2D eigenvalue weighted by atomic mass is 16.3. The van der Waals surface area contributed by atoms with Gasteiger partial charge in [0, 0.05) is 16.8 Å². The van der Waals surface area contributed by atoms with Crippen molar-refractivity contribution < 1.29 is 5.11 Å². The summed E-state index contributed by atoms with van der Waals surface area (Å²) in [5.74, 6) is 0.258. The molecule has 0 unspecified atom stereocenters. The lowest BCUT2D eigenvalue weighted by Gasteiger charge is -2.19. The molecule has 0 saturated carbocycles. The third-order valence-electron chi connectivity index (χ3n) is 5.07. The highest BCUT2D eigenvalue weighted by Crippen LogP contribution is 2.32. The van der Waals surface area contributed by atoms with Crippen LogP contribution >= 0.6 is 0 Å². The number of aliphatic imine (C=N–C) groups is 1. The van der Waals surface area contributed by atoms with Crippen LogP contribution in [-0.4, -0.2) is 29.8 Å². The topological polar surface area (TPSA) is 63.5 Å². The van der Waals surface area contributed by atoms with Crippen LogP contribution in [0, 0.1) is 0 Å². The summed E-state index contributed by atoms with van der Waals surface area (Å²) >= 11 is 0. The maximum atomic E-state index is 10.2. The number of nitrogens with zero attached hydrogens (tertiary/aromatic N) is 2. The zero-order valence-corrected chi connectivity index (χ0v) is 17.6. The number of phenolic OH excluding ortho intramolecular Hbond substituents is 1. The molecule has 2 radical (unpaired) electrons. The Morgan fingerprint density at radius 1 is 1.24 bits per heavy atom. The van der Waals surface area contributed by atoms with Gasteiger partial charge in [-0.25, -0.2) is 4.99 Å². The summed E-state index contributed by atoms with van der Waals surface area (Å²) in [4.78, 5) is 4.81. The van der Waals surface area contributed by atoms with Crippen LogP contribution in [-0.2, 0) is 5.41 Å². The first kappa shape index (κ1) is 20.9. The van der Waals surface area contributed by atoms with Crippen LogP contribution in [0.4, 0.5) is 0 Å². The van der Waals surface area contributed by atoms with E-state index in [1.807, 2.05) is 55.6 Å². The van der Waals surface area contributed by atoms with Crippen molar-refractivity contribution in [1.82, 2.24) is 4.48 Å². The molecule has 0 atom stereocenters. The molecule has 0 aliphatic carbocycles. The van der Waals surface area contributed by atoms with E-state index in [1.165, 1.54) is 5.56 Å². The second-order valence-corrected chi connectivity index (χ2v) is 8.39. The predicted molar refractivity (Wildman–Crippen MR) is 123 cm³/mol. The minimum atomic E-state index is 0.0157. The lowest BCUT2D eigenvalue weighted by Crippen LogP contribution is -2.10. The Balaban J connectivity index is 1.97. The van der Waals surface area contributed by atoms with Gasteiger partial charge in [0.2, 0.25) is 7.98 Å². The minimum Gasteiger partial charge on any atom is -0.507 e. The maximum absolute atomic E-state index is 10.2. The van der Waals surface area contributed by atoms with Crippen LogP contribution in [0.15, 0.2) is 64.9 Å². The molecule has 1 aliphatic rings. The summed E-state index contributed by atoms with van der Waals surface area (Å²) in [6, 6.07) is 9.62. The molecule has 2 heterocycles. The molecule has 1 aromatic heterocycles. The van der Waals surface area contributed by atoms with E-state index in [0.717, 1.165) is 33.8 Å². The Morgan fingerprint density at radius 2 is 2.00 bits per heavy atom. The standard InChI is InChI=1S/C24H28BN3O/c1-16-14-19(9-7-17-15-18(24(2,3)4)8-10-22(17)29)27-23(16)20(11-12-26)21-6-5-13-28(21)25/h5-10,13-15,29H,11-12,26H2,1-4H3/b9-7+,23-20-. The Morgan fingerprint density at radius 3 is 2.62 bits per heavy atom. The van der Waals surface area contributed by atoms with Crippen molar-refractivity contribution in [2.75, 3.05) is 6.54 Å². The predicted octanol–water partition coefficient (Wildman–Crippen LogP) is 4.60. The fraction of sp³-hybridized carbons (Fsp3) is 0.292. The molecule has 1 aliphatic heterocycles. The van der Waals surface area contributed by atoms with Crippen molar-refractivity contribution in [2.24, 2.45) is 10.7 Å². The van der Waals surface area contributed by atoms with Gasteiger partial charge in [0.25, 0.3) is 0 Å². The largest absolute Gasteiger partial charge is 0.507 e. The number of hydrogen-bond acceptors (Lipinski definition) is 3. The van der Waals surface area contributed by atoms with E-state index in [9.17, 15) is 5.11 Å². The molecule has 148 valence electrons. The van der Waals surface area contributed by atoms with E-state index in [2.05, 4.69) is 20.8 Å². The molecule has 3 rings (SSSR count). The Bertz CT molecular complexity index is 1030. The van der Waals surface area contributed by atoms with Gasteiger partial charge in [0.15, 0.2) is 0 Å². The number of allylic oxidation sites excluding steroid dienone is 3. The first-order chi connectivity index (χ1) is 13.7. The molecule has 1 aromatic carbocycles. The quantitative estimate of drug-likeness (QED) is 0.739. The van der Waals surface area contributed by atoms with Gasteiger partial charge in [0.05, 0.1) is 11.4 Å². The van der Waals surface area contributed by atoms with Gasteiger partial charge in [-0.15, -0.1) is 0 Å². The van der Waals surface area contributed by atoms with Crippen LogP contribution < -0.4 is 5.73 Å². The van der Waals surface area contributed by atoms with Gasteiger partial charge < -0.3 is 15.3 Å². The Kier molecular flexibility index (Phi) is 5.99. The number of aromatic nitrogens is 1. The van der Waals surface area contributed by atoms with Gasteiger partial charge in [-0.1, -0.05) is 26.8 Å². The Hall–Kier alpha value is -2.79. The summed E-state index contributed by atoms with van der Waals surface area (Å²) in [5.41, 5.74) is 12.6. The molecule has 0 bridgehead atoms. The second kappa shape index (κ2) is 8.30. The van der Waals surface area contributed by atoms with Gasteiger partial charge in [0.1, 0.15) is 5.75 Å². The normalized spacial score (nSPS) is 16.3. The van der Waals surface area contributed by atoms with Crippen LogP contribution in [0.25, 0.3) is 11.6 Å². The zero-order valence-electron chi connectivity index (χ0n) is 17.6. The van der Waals surface area contributed by atoms with Crippen LogP contribution in [0.2, 0.25) is 0 Å². The molecule has 2 aromatic rings. The van der Waals surface area contributed by atoms with E-state index < -0.39 is 0 Å². The second-order valence-electron chi connectivity index (χ2n) is 8.39. The molecule has 0 saturated heterocycles. The molecule has 0 amide bonds. The first-order valence-electron chi connectivity index (χ1n) is 9.85. The van der Waals surface area contributed by atoms with Crippen LogP contribution in [0.3, 0.4) is 0 Å². The van der Waals surface area contributed by atoms with E-state index >= 15 is 0 Å². The average Bonchev–Trinajstić information content (AvgIpc) is 3.23. The average molecular weight is 385 g/mol. The molecule has 5 heteroatoms. The molecule has 4 nitrogen and oxygen atoms in total.